The van der Waals surface area contributed by atoms with Crippen molar-refractivity contribution in [3.05, 3.63) is 28.8 Å². The molecule has 1 unspecified atom stereocenters. The Hall–Kier alpha value is -0.870. The van der Waals surface area contributed by atoms with Gasteiger partial charge in [-0.3, -0.25) is 4.55 Å². The van der Waals surface area contributed by atoms with Gasteiger partial charge < -0.3 is 0 Å². The molecule has 2 saturated carbocycles. The highest BCUT2D eigenvalue weighted by atomic mass is 32.2. The number of benzene rings is 1. The predicted molar refractivity (Wildman–Crippen MR) is 107 cm³/mol. The van der Waals surface area contributed by atoms with Gasteiger partial charge in [0.1, 0.15) is 4.90 Å². The van der Waals surface area contributed by atoms with Gasteiger partial charge in [-0.25, -0.2) is 0 Å². The molecule has 26 heavy (non-hydrogen) atoms. The Morgan fingerprint density at radius 2 is 1.35 bits per heavy atom. The Bertz CT molecular complexity index is 672. The van der Waals surface area contributed by atoms with Gasteiger partial charge in [-0.05, 0) is 66.5 Å². The van der Waals surface area contributed by atoms with Crippen molar-refractivity contribution in [2.75, 3.05) is 0 Å². The molecular weight excluding hydrogens is 344 g/mol. The van der Waals surface area contributed by atoms with Crippen LogP contribution in [-0.2, 0) is 10.1 Å². The van der Waals surface area contributed by atoms with Crippen molar-refractivity contribution in [1.29, 1.82) is 0 Å². The van der Waals surface area contributed by atoms with Crippen molar-refractivity contribution in [2.45, 2.75) is 107 Å². The van der Waals surface area contributed by atoms with E-state index in [1.54, 1.807) is 0 Å². The number of rotatable bonds is 5. The van der Waals surface area contributed by atoms with Crippen LogP contribution in [0.5, 0.6) is 0 Å². The van der Waals surface area contributed by atoms with Gasteiger partial charge in [0.05, 0.1) is 0 Å². The lowest BCUT2D eigenvalue weighted by Gasteiger charge is -2.30. The third-order valence-corrected chi connectivity index (χ3v) is 7.69. The first-order chi connectivity index (χ1) is 12.4. The quantitative estimate of drug-likeness (QED) is 0.592. The van der Waals surface area contributed by atoms with Gasteiger partial charge in [-0.15, -0.1) is 0 Å². The first-order valence-corrected chi connectivity index (χ1v) is 12.0. The Balaban J connectivity index is 2.18. The Labute approximate surface area is 159 Å². The highest BCUT2D eigenvalue weighted by Crippen LogP contribution is 2.44. The summed E-state index contributed by atoms with van der Waals surface area (Å²) in [6, 6.07) is 4.22. The minimum absolute atomic E-state index is 0.267. The van der Waals surface area contributed by atoms with Crippen LogP contribution in [0.3, 0.4) is 0 Å². The largest absolute Gasteiger partial charge is 0.295 e. The van der Waals surface area contributed by atoms with Crippen LogP contribution in [0.25, 0.3) is 0 Å². The van der Waals surface area contributed by atoms with Crippen molar-refractivity contribution in [1.82, 2.24) is 0 Å². The molecule has 1 aromatic rings. The highest BCUT2D eigenvalue weighted by molar-refractivity contribution is 7.86. The molecule has 4 heteroatoms. The molecule has 0 amide bonds. The second-order valence-corrected chi connectivity index (χ2v) is 9.84. The zero-order valence-corrected chi connectivity index (χ0v) is 17.2. The third-order valence-electron chi connectivity index (χ3n) is 6.70. The lowest BCUT2D eigenvalue weighted by Crippen LogP contribution is -2.17. The molecule has 146 valence electrons. The molecule has 1 atom stereocenters. The van der Waals surface area contributed by atoms with E-state index in [2.05, 4.69) is 26.0 Å². The van der Waals surface area contributed by atoms with Gasteiger partial charge in [0.25, 0.3) is 10.1 Å². The maximum Gasteiger partial charge on any atom is 0.295 e. The molecule has 3 rings (SSSR count). The standard InChI is InChI=1S/C22H34O3S/c1-3-16(2)19-14-20(17-10-6-4-7-11-17)22(26(23,24)25)21(15-19)18-12-8-5-9-13-18/h14-18H,3-13H2,1-2H3,(H,23,24,25). The number of hydrogen-bond donors (Lipinski definition) is 1. The van der Waals surface area contributed by atoms with Crippen LogP contribution in [0.4, 0.5) is 0 Å². The van der Waals surface area contributed by atoms with Crippen LogP contribution in [0.15, 0.2) is 17.0 Å². The average Bonchev–Trinajstić information content (AvgIpc) is 2.67. The van der Waals surface area contributed by atoms with Crippen LogP contribution in [-0.4, -0.2) is 13.0 Å². The molecule has 0 bridgehead atoms. The van der Waals surface area contributed by atoms with E-state index >= 15 is 0 Å². The van der Waals surface area contributed by atoms with E-state index in [-0.39, 0.29) is 16.7 Å². The summed E-state index contributed by atoms with van der Waals surface area (Å²) in [5.41, 5.74) is 3.07. The van der Waals surface area contributed by atoms with Gasteiger partial charge in [0.2, 0.25) is 0 Å². The predicted octanol–water partition coefficient (Wildman–Crippen LogP) is 6.54. The maximum atomic E-state index is 12.5. The minimum atomic E-state index is -4.21. The summed E-state index contributed by atoms with van der Waals surface area (Å²) in [5.74, 6) is 0.953. The summed E-state index contributed by atoms with van der Waals surface area (Å²) in [5, 5.41) is 0. The van der Waals surface area contributed by atoms with Crippen molar-refractivity contribution in [3.8, 4) is 0 Å². The fourth-order valence-corrected chi connectivity index (χ4v) is 6.00. The molecule has 0 aromatic heterocycles. The first-order valence-electron chi connectivity index (χ1n) is 10.6. The molecule has 1 N–H and O–H groups in total. The van der Waals surface area contributed by atoms with Gasteiger partial charge in [-0.2, -0.15) is 8.42 Å². The molecule has 0 spiro atoms. The molecular formula is C22H34O3S. The molecule has 0 saturated heterocycles. The average molecular weight is 379 g/mol. The zero-order valence-electron chi connectivity index (χ0n) is 16.3. The minimum Gasteiger partial charge on any atom is -0.282 e. The van der Waals surface area contributed by atoms with Crippen LogP contribution in [0, 0.1) is 0 Å². The molecule has 3 nitrogen and oxygen atoms in total. The van der Waals surface area contributed by atoms with Gasteiger partial charge in [-0.1, -0.05) is 64.5 Å². The van der Waals surface area contributed by atoms with E-state index in [1.165, 1.54) is 18.4 Å². The lowest BCUT2D eigenvalue weighted by atomic mass is 9.78. The molecule has 2 aliphatic carbocycles. The van der Waals surface area contributed by atoms with Gasteiger partial charge in [0, 0.05) is 0 Å². The van der Waals surface area contributed by atoms with Gasteiger partial charge >= 0.3 is 0 Å². The Morgan fingerprint density at radius 3 is 1.69 bits per heavy atom. The van der Waals surface area contributed by atoms with Crippen LogP contribution in [0.1, 0.15) is 119 Å². The van der Waals surface area contributed by atoms with Crippen molar-refractivity contribution in [3.63, 3.8) is 0 Å². The fraction of sp³-hybridized carbons (Fsp3) is 0.727. The second kappa shape index (κ2) is 8.43. The summed E-state index contributed by atoms with van der Waals surface area (Å²) in [4.78, 5) is 0.267. The molecule has 0 radical (unpaired) electrons. The SMILES string of the molecule is CCC(C)c1cc(C2CCCCC2)c(S(=O)(=O)O)c(C2CCCCC2)c1. The van der Waals surface area contributed by atoms with Crippen molar-refractivity contribution >= 4 is 10.1 Å². The van der Waals surface area contributed by atoms with E-state index in [0.717, 1.165) is 68.9 Å². The molecule has 2 fully saturated rings. The third kappa shape index (κ3) is 4.33. The summed E-state index contributed by atoms with van der Waals surface area (Å²) in [6.07, 6.45) is 12.3. The van der Waals surface area contributed by atoms with Crippen LogP contribution >= 0.6 is 0 Å². The topological polar surface area (TPSA) is 54.4 Å². The van der Waals surface area contributed by atoms with Crippen molar-refractivity contribution < 1.29 is 13.0 Å². The smallest absolute Gasteiger partial charge is 0.282 e. The van der Waals surface area contributed by atoms with E-state index < -0.39 is 10.1 Å². The van der Waals surface area contributed by atoms with E-state index in [4.69, 9.17) is 0 Å². The summed E-state index contributed by atoms with van der Waals surface area (Å²) in [6.45, 7) is 4.40. The Kier molecular flexibility index (Phi) is 6.45. The Morgan fingerprint density at radius 1 is 0.923 bits per heavy atom. The van der Waals surface area contributed by atoms with E-state index in [1.807, 2.05) is 0 Å². The lowest BCUT2D eigenvalue weighted by molar-refractivity contribution is 0.418. The summed E-state index contributed by atoms with van der Waals surface area (Å²) < 4.78 is 35.1. The van der Waals surface area contributed by atoms with Crippen molar-refractivity contribution in [2.24, 2.45) is 0 Å². The normalized spacial score (nSPS) is 21.7. The molecule has 0 aliphatic heterocycles. The molecule has 0 heterocycles. The summed E-state index contributed by atoms with van der Waals surface area (Å²) in [7, 11) is -4.21. The van der Waals surface area contributed by atoms with Crippen LogP contribution < -0.4 is 0 Å². The number of hydrogen-bond acceptors (Lipinski definition) is 2. The fourth-order valence-electron chi connectivity index (χ4n) is 4.95. The van der Waals surface area contributed by atoms with E-state index in [9.17, 15) is 13.0 Å². The maximum absolute atomic E-state index is 12.5. The molecule has 2 aliphatic rings. The summed E-state index contributed by atoms with van der Waals surface area (Å²) >= 11 is 0. The molecule has 1 aromatic carbocycles. The zero-order chi connectivity index (χ0) is 18.7. The second-order valence-electron chi connectivity index (χ2n) is 8.48. The van der Waals surface area contributed by atoms with Gasteiger partial charge in [0.15, 0.2) is 0 Å². The monoisotopic (exact) mass is 378 g/mol. The van der Waals surface area contributed by atoms with E-state index in [0.29, 0.717) is 5.92 Å². The van der Waals surface area contributed by atoms with Crippen LogP contribution in [0.2, 0.25) is 0 Å². The highest BCUT2D eigenvalue weighted by Gasteiger charge is 2.31. The first kappa shape index (κ1) is 19.9.